The van der Waals surface area contributed by atoms with E-state index in [1.807, 2.05) is 0 Å². The first-order chi connectivity index (χ1) is 6.31. The van der Waals surface area contributed by atoms with Gasteiger partial charge >= 0.3 is 5.97 Å². The molecular formula is C10H14O3. The van der Waals surface area contributed by atoms with Gasteiger partial charge in [-0.1, -0.05) is 12.7 Å². The third kappa shape index (κ3) is 1.91. The zero-order valence-electron chi connectivity index (χ0n) is 7.57. The van der Waals surface area contributed by atoms with Crippen molar-refractivity contribution in [3.8, 4) is 0 Å². The molecule has 1 saturated carbocycles. The Hall–Kier alpha value is -0.830. The molecule has 0 radical (unpaired) electrons. The minimum atomic E-state index is -0.0890. The lowest BCUT2D eigenvalue weighted by Gasteiger charge is -2.16. The Kier molecular flexibility index (Phi) is 2.36. The maximum atomic E-state index is 11.4. The highest BCUT2D eigenvalue weighted by Gasteiger charge is 2.46. The molecule has 0 N–H and O–H groups in total. The molecule has 0 bridgehead atoms. The average molecular weight is 182 g/mol. The molecule has 1 aliphatic heterocycles. The second-order valence-corrected chi connectivity index (χ2v) is 3.64. The zero-order valence-corrected chi connectivity index (χ0v) is 7.57. The normalized spacial score (nSPS) is 36.2. The highest BCUT2D eigenvalue weighted by atomic mass is 16.6. The minimum Gasteiger partial charge on any atom is -0.461 e. The Balaban J connectivity index is 1.78. The molecule has 1 aliphatic carbocycles. The van der Waals surface area contributed by atoms with Crippen LogP contribution in [0.4, 0.5) is 0 Å². The second kappa shape index (κ2) is 3.50. The van der Waals surface area contributed by atoms with Crippen molar-refractivity contribution in [3.63, 3.8) is 0 Å². The Bertz CT molecular complexity index is 224. The van der Waals surface area contributed by atoms with Gasteiger partial charge in [0.2, 0.25) is 0 Å². The summed E-state index contributed by atoms with van der Waals surface area (Å²) in [4.78, 5) is 11.4. The lowest BCUT2D eigenvalue weighted by molar-refractivity contribution is -0.148. The van der Waals surface area contributed by atoms with Gasteiger partial charge in [-0.25, -0.2) is 0 Å². The van der Waals surface area contributed by atoms with Gasteiger partial charge in [0.15, 0.2) is 0 Å². The number of carbonyl (C=O) groups is 1. The monoisotopic (exact) mass is 182 g/mol. The largest absolute Gasteiger partial charge is 0.461 e. The molecule has 3 unspecified atom stereocenters. The van der Waals surface area contributed by atoms with Gasteiger partial charge in [0.1, 0.15) is 6.61 Å². The van der Waals surface area contributed by atoms with Crippen molar-refractivity contribution in [2.24, 2.45) is 5.92 Å². The molecule has 1 saturated heterocycles. The zero-order chi connectivity index (χ0) is 9.26. The summed E-state index contributed by atoms with van der Waals surface area (Å²) in [6.45, 7) is 3.82. The first kappa shape index (κ1) is 8.75. The van der Waals surface area contributed by atoms with Crippen molar-refractivity contribution < 1.29 is 14.3 Å². The van der Waals surface area contributed by atoms with Crippen molar-refractivity contribution in [1.29, 1.82) is 0 Å². The van der Waals surface area contributed by atoms with Gasteiger partial charge in [0, 0.05) is 0 Å². The fraction of sp³-hybridized carbons (Fsp3) is 0.700. The van der Waals surface area contributed by atoms with Gasteiger partial charge in [-0.3, -0.25) is 4.79 Å². The van der Waals surface area contributed by atoms with E-state index in [1.165, 1.54) is 0 Å². The number of rotatable bonds is 3. The molecule has 3 nitrogen and oxygen atoms in total. The summed E-state index contributed by atoms with van der Waals surface area (Å²) in [6.07, 6.45) is 5.16. The third-order valence-electron chi connectivity index (χ3n) is 2.68. The number of hydrogen-bond acceptors (Lipinski definition) is 3. The van der Waals surface area contributed by atoms with E-state index < -0.39 is 0 Å². The highest BCUT2D eigenvalue weighted by molar-refractivity contribution is 5.72. The van der Waals surface area contributed by atoms with Crippen LogP contribution in [0.1, 0.15) is 19.3 Å². The first-order valence-electron chi connectivity index (χ1n) is 4.74. The number of hydrogen-bond donors (Lipinski definition) is 0. The summed E-state index contributed by atoms with van der Waals surface area (Å²) in [6, 6.07) is 0. The summed E-state index contributed by atoms with van der Waals surface area (Å²) in [5.74, 6) is -0.0300. The van der Waals surface area contributed by atoms with E-state index in [0.717, 1.165) is 19.3 Å². The van der Waals surface area contributed by atoms with E-state index >= 15 is 0 Å². The standard InChI is InChI=1S/C10H14O3/c1-2-5-12-10(11)7-3-4-8-9(6-7)13-8/h2,7-9H,1,3-6H2. The minimum absolute atomic E-state index is 0.0590. The molecule has 0 aromatic carbocycles. The van der Waals surface area contributed by atoms with Crippen LogP contribution in [-0.4, -0.2) is 24.8 Å². The van der Waals surface area contributed by atoms with Crippen molar-refractivity contribution in [1.82, 2.24) is 0 Å². The van der Waals surface area contributed by atoms with Crippen molar-refractivity contribution in [3.05, 3.63) is 12.7 Å². The molecule has 2 aliphatic rings. The molecule has 0 amide bonds. The fourth-order valence-electron chi connectivity index (χ4n) is 1.88. The van der Waals surface area contributed by atoms with Gasteiger partial charge in [0.25, 0.3) is 0 Å². The molecule has 2 fully saturated rings. The van der Waals surface area contributed by atoms with Crippen LogP contribution in [0.15, 0.2) is 12.7 Å². The molecule has 72 valence electrons. The molecule has 3 atom stereocenters. The Morgan fingerprint density at radius 3 is 3.08 bits per heavy atom. The predicted octanol–water partition coefficient (Wildman–Crippen LogP) is 1.28. The van der Waals surface area contributed by atoms with E-state index in [4.69, 9.17) is 9.47 Å². The highest BCUT2D eigenvalue weighted by Crippen LogP contribution is 2.39. The van der Waals surface area contributed by atoms with E-state index in [-0.39, 0.29) is 11.9 Å². The van der Waals surface area contributed by atoms with Crippen LogP contribution in [-0.2, 0) is 14.3 Å². The van der Waals surface area contributed by atoms with Gasteiger partial charge < -0.3 is 9.47 Å². The van der Waals surface area contributed by atoms with Gasteiger partial charge in [0.05, 0.1) is 18.1 Å². The topological polar surface area (TPSA) is 38.8 Å². The maximum absolute atomic E-state index is 11.4. The quantitative estimate of drug-likeness (QED) is 0.375. The van der Waals surface area contributed by atoms with E-state index in [1.54, 1.807) is 6.08 Å². The van der Waals surface area contributed by atoms with Crippen molar-refractivity contribution in [2.45, 2.75) is 31.5 Å². The van der Waals surface area contributed by atoms with Crippen LogP contribution >= 0.6 is 0 Å². The van der Waals surface area contributed by atoms with Crippen molar-refractivity contribution >= 4 is 5.97 Å². The van der Waals surface area contributed by atoms with Gasteiger partial charge in [-0.05, 0) is 19.3 Å². The van der Waals surface area contributed by atoms with E-state index in [0.29, 0.717) is 18.8 Å². The number of esters is 1. The summed E-state index contributed by atoms with van der Waals surface area (Å²) in [5, 5.41) is 0. The summed E-state index contributed by atoms with van der Waals surface area (Å²) in [7, 11) is 0. The Morgan fingerprint density at radius 1 is 1.54 bits per heavy atom. The number of ether oxygens (including phenoxy) is 2. The summed E-state index contributed by atoms with van der Waals surface area (Å²) >= 11 is 0. The Morgan fingerprint density at radius 2 is 2.38 bits per heavy atom. The third-order valence-corrected chi connectivity index (χ3v) is 2.68. The fourth-order valence-corrected chi connectivity index (χ4v) is 1.88. The van der Waals surface area contributed by atoms with Crippen LogP contribution in [0, 0.1) is 5.92 Å². The molecule has 3 heteroatoms. The molecule has 2 rings (SSSR count). The second-order valence-electron chi connectivity index (χ2n) is 3.64. The molecule has 0 aromatic rings. The van der Waals surface area contributed by atoms with Crippen LogP contribution < -0.4 is 0 Å². The molecule has 1 heterocycles. The van der Waals surface area contributed by atoms with Gasteiger partial charge in [-0.15, -0.1) is 0 Å². The summed E-state index contributed by atoms with van der Waals surface area (Å²) < 4.78 is 10.3. The van der Waals surface area contributed by atoms with Crippen LogP contribution in [0.3, 0.4) is 0 Å². The lowest BCUT2D eigenvalue weighted by Crippen LogP contribution is -2.23. The predicted molar refractivity (Wildman–Crippen MR) is 47.2 cm³/mol. The number of carbonyl (C=O) groups excluding carboxylic acids is 1. The first-order valence-corrected chi connectivity index (χ1v) is 4.74. The maximum Gasteiger partial charge on any atom is 0.309 e. The van der Waals surface area contributed by atoms with Crippen LogP contribution in [0.25, 0.3) is 0 Å². The molecular weight excluding hydrogens is 168 g/mol. The smallest absolute Gasteiger partial charge is 0.309 e. The Labute approximate surface area is 77.7 Å². The summed E-state index contributed by atoms with van der Waals surface area (Å²) in [5.41, 5.74) is 0. The lowest BCUT2D eigenvalue weighted by atomic mass is 9.89. The van der Waals surface area contributed by atoms with Crippen LogP contribution in [0.2, 0.25) is 0 Å². The van der Waals surface area contributed by atoms with Crippen molar-refractivity contribution in [2.75, 3.05) is 6.61 Å². The van der Waals surface area contributed by atoms with Gasteiger partial charge in [-0.2, -0.15) is 0 Å². The number of fused-ring (bicyclic) bond motifs is 1. The number of epoxide rings is 1. The van der Waals surface area contributed by atoms with E-state index in [2.05, 4.69) is 6.58 Å². The van der Waals surface area contributed by atoms with Crippen LogP contribution in [0.5, 0.6) is 0 Å². The molecule has 0 spiro atoms. The average Bonchev–Trinajstić information content (AvgIpc) is 2.91. The molecule has 0 aromatic heterocycles. The van der Waals surface area contributed by atoms with E-state index in [9.17, 15) is 4.79 Å². The molecule has 13 heavy (non-hydrogen) atoms. The SMILES string of the molecule is C=CCOC(=O)C1CCC2OC2C1.